The fourth-order valence-electron chi connectivity index (χ4n) is 1.74. The average Bonchev–Trinajstić information content (AvgIpc) is 2.38. The standard InChI is InChI=1S/C15H14OS/c1-2-17-11-10-15(16)14-9-5-7-12-6-3-4-8-13(12)14/h3-11H,2H2,1H3. The van der Waals surface area contributed by atoms with Crippen molar-refractivity contribution in [3.05, 3.63) is 59.5 Å². The van der Waals surface area contributed by atoms with Gasteiger partial charge in [-0.25, -0.2) is 0 Å². The first-order chi connectivity index (χ1) is 8.33. The highest BCUT2D eigenvalue weighted by Gasteiger charge is 2.05. The highest BCUT2D eigenvalue weighted by atomic mass is 32.2. The van der Waals surface area contributed by atoms with Gasteiger partial charge in [0.15, 0.2) is 5.78 Å². The summed E-state index contributed by atoms with van der Waals surface area (Å²) in [6.45, 7) is 2.07. The molecule has 2 aromatic rings. The lowest BCUT2D eigenvalue weighted by Gasteiger charge is -2.02. The second kappa shape index (κ2) is 5.69. The van der Waals surface area contributed by atoms with Crippen molar-refractivity contribution in [2.45, 2.75) is 6.92 Å². The Morgan fingerprint density at radius 2 is 1.94 bits per heavy atom. The molecule has 0 aliphatic heterocycles. The fraction of sp³-hybridized carbons (Fsp3) is 0.133. The lowest BCUT2D eigenvalue weighted by Crippen LogP contribution is -1.95. The molecule has 0 saturated heterocycles. The van der Waals surface area contributed by atoms with Crippen LogP contribution >= 0.6 is 11.8 Å². The Morgan fingerprint density at radius 1 is 1.18 bits per heavy atom. The van der Waals surface area contributed by atoms with E-state index in [4.69, 9.17) is 0 Å². The number of carbonyl (C=O) groups is 1. The molecule has 2 rings (SSSR count). The number of hydrogen-bond acceptors (Lipinski definition) is 2. The number of fused-ring (bicyclic) bond motifs is 1. The van der Waals surface area contributed by atoms with Gasteiger partial charge in [-0.1, -0.05) is 49.4 Å². The van der Waals surface area contributed by atoms with Crippen molar-refractivity contribution in [1.82, 2.24) is 0 Å². The SMILES string of the molecule is CCSC=CC(=O)c1cccc2ccccc12. The lowest BCUT2D eigenvalue weighted by atomic mass is 10.0. The Labute approximate surface area is 106 Å². The maximum atomic E-state index is 12.0. The molecule has 0 aromatic heterocycles. The van der Waals surface area contributed by atoms with Crippen LogP contribution in [0.5, 0.6) is 0 Å². The summed E-state index contributed by atoms with van der Waals surface area (Å²) in [7, 11) is 0. The first-order valence-electron chi connectivity index (χ1n) is 5.63. The molecule has 86 valence electrons. The number of allylic oxidation sites excluding steroid dienone is 1. The summed E-state index contributed by atoms with van der Waals surface area (Å²) < 4.78 is 0. The minimum Gasteiger partial charge on any atom is -0.289 e. The first-order valence-corrected chi connectivity index (χ1v) is 6.68. The van der Waals surface area contributed by atoms with Gasteiger partial charge in [-0.15, -0.1) is 11.8 Å². The van der Waals surface area contributed by atoms with Gasteiger partial charge in [0, 0.05) is 5.56 Å². The summed E-state index contributed by atoms with van der Waals surface area (Å²) in [5.74, 6) is 1.06. The van der Waals surface area contributed by atoms with E-state index in [1.807, 2.05) is 47.9 Å². The zero-order chi connectivity index (χ0) is 12.1. The van der Waals surface area contributed by atoms with Crippen LogP contribution in [-0.2, 0) is 0 Å². The maximum absolute atomic E-state index is 12.0. The van der Waals surface area contributed by atoms with Gasteiger partial charge in [-0.3, -0.25) is 4.79 Å². The molecule has 0 atom stereocenters. The third-order valence-electron chi connectivity index (χ3n) is 2.54. The summed E-state index contributed by atoms with van der Waals surface area (Å²) in [5, 5.41) is 3.99. The van der Waals surface area contributed by atoms with Gasteiger partial charge in [-0.2, -0.15) is 0 Å². The van der Waals surface area contributed by atoms with E-state index < -0.39 is 0 Å². The lowest BCUT2D eigenvalue weighted by molar-refractivity contribution is 0.104. The number of carbonyl (C=O) groups excluding carboxylic acids is 1. The molecule has 2 heteroatoms. The Morgan fingerprint density at radius 3 is 2.76 bits per heavy atom. The number of benzene rings is 2. The molecule has 1 nitrogen and oxygen atoms in total. The molecule has 0 amide bonds. The molecule has 0 saturated carbocycles. The van der Waals surface area contributed by atoms with Gasteiger partial charge >= 0.3 is 0 Å². The molecular weight excluding hydrogens is 228 g/mol. The molecular formula is C15H14OS. The zero-order valence-electron chi connectivity index (χ0n) is 9.72. The van der Waals surface area contributed by atoms with Crippen molar-refractivity contribution in [2.24, 2.45) is 0 Å². The third kappa shape index (κ3) is 2.77. The van der Waals surface area contributed by atoms with Crippen LogP contribution in [0.15, 0.2) is 53.9 Å². The molecule has 2 aromatic carbocycles. The monoisotopic (exact) mass is 242 g/mol. The van der Waals surface area contributed by atoms with Crippen molar-refractivity contribution < 1.29 is 4.79 Å². The topological polar surface area (TPSA) is 17.1 Å². The Kier molecular flexibility index (Phi) is 3.99. The van der Waals surface area contributed by atoms with Gasteiger partial charge in [-0.05, 0) is 28.0 Å². The maximum Gasteiger partial charge on any atom is 0.186 e. The van der Waals surface area contributed by atoms with E-state index in [1.165, 1.54) is 0 Å². The van der Waals surface area contributed by atoms with Crippen molar-refractivity contribution in [3.8, 4) is 0 Å². The van der Waals surface area contributed by atoms with Crippen molar-refractivity contribution >= 4 is 28.3 Å². The number of hydrogen-bond donors (Lipinski definition) is 0. The van der Waals surface area contributed by atoms with Crippen LogP contribution in [0.2, 0.25) is 0 Å². The van der Waals surface area contributed by atoms with Crippen LogP contribution in [0.3, 0.4) is 0 Å². The van der Waals surface area contributed by atoms with Gasteiger partial charge < -0.3 is 0 Å². The predicted molar refractivity (Wildman–Crippen MR) is 75.6 cm³/mol. The van der Waals surface area contributed by atoms with E-state index in [1.54, 1.807) is 17.8 Å². The van der Waals surface area contributed by atoms with Crippen molar-refractivity contribution in [3.63, 3.8) is 0 Å². The Hall–Kier alpha value is -1.54. The van der Waals surface area contributed by atoms with Gasteiger partial charge in [0.2, 0.25) is 0 Å². The van der Waals surface area contributed by atoms with Crippen LogP contribution in [0.4, 0.5) is 0 Å². The summed E-state index contributed by atoms with van der Waals surface area (Å²) in [5.41, 5.74) is 0.774. The Bertz CT molecular complexity index is 552. The summed E-state index contributed by atoms with van der Waals surface area (Å²) in [6, 6.07) is 13.8. The molecule has 0 unspecified atom stereocenters. The van der Waals surface area contributed by atoms with E-state index in [0.717, 1.165) is 22.1 Å². The van der Waals surface area contributed by atoms with E-state index in [9.17, 15) is 4.79 Å². The fourth-order valence-corrected chi connectivity index (χ4v) is 2.15. The van der Waals surface area contributed by atoms with Gasteiger partial charge in [0.05, 0.1) is 0 Å². The first kappa shape index (κ1) is 11.9. The molecule has 0 heterocycles. The molecule has 0 aliphatic rings. The number of ketones is 1. The molecule has 0 aliphatic carbocycles. The zero-order valence-corrected chi connectivity index (χ0v) is 10.5. The molecule has 0 fully saturated rings. The van der Waals surface area contributed by atoms with Crippen molar-refractivity contribution in [1.29, 1.82) is 0 Å². The van der Waals surface area contributed by atoms with E-state index in [-0.39, 0.29) is 5.78 Å². The highest BCUT2D eigenvalue weighted by molar-refractivity contribution is 8.02. The summed E-state index contributed by atoms with van der Waals surface area (Å²) in [4.78, 5) is 12.0. The molecule has 0 bridgehead atoms. The second-order valence-corrected chi connectivity index (χ2v) is 4.83. The van der Waals surface area contributed by atoms with E-state index in [2.05, 4.69) is 6.92 Å². The van der Waals surface area contributed by atoms with E-state index in [0.29, 0.717) is 0 Å². The quantitative estimate of drug-likeness (QED) is 0.587. The van der Waals surface area contributed by atoms with E-state index >= 15 is 0 Å². The second-order valence-electron chi connectivity index (χ2n) is 3.65. The van der Waals surface area contributed by atoms with Crippen LogP contribution in [0.25, 0.3) is 10.8 Å². The summed E-state index contributed by atoms with van der Waals surface area (Å²) >= 11 is 1.64. The smallest absolute Gasteiger partial charge is 0.186 e. The van der Waals surface area contributed by atoms with Gasteiger partial charge in [0.25, 0.3) is 0 Å². The molecule has 0 N–H and O–H groups in total. The van der Waals surface area contributed by atoms with Crippen molar-refractivity contribution in [2.75, 3.05) is 5.75 Å². The highest BCUT2D eigenvalue weighted by Crippen LogP contribution is 2.19. The minimum absolute atomic E-state index is 0.0720. The molecule has 0 spiro atoms. The third-order valence-corrected chi connectivity index (χ3v) is 3.20. The molecule has 17 heavy (non-hydrogen) atoms. The van der Waals surface area contributed by atoms with Gasteiger partial charge in [0.1, 0.15) is 0 Å². The molecule has 0 radical (unpaired) electrons. The van der Waals surface area contributed by atoms with Crippen LogP contribution in [-0.4, -0.2) is 11.5 Å². The number of thioether (sulfide) groups is 1. The Balaban J connectivity index is 2.38. The average molecular weight is 242 g/mol. The number of rotatable bonds is 4. The van der Waals surface area contributed by atoms with Crippen LogP contribution in [0, 0.1) is 0 Å². The minimum atomic E-state index is 0.0720. The predicted octanol–water partition coefficient (Wildman–Crippen LogP) is 4.29. The normalized spacial score (nSPS) is 11.1. The largest absolute Gasteiger partial charge is 0.289 e. The van der Waals surface area contributed by atoms with Crippen LogP contribution in [0.1, 0.15) is 17.3 Å². The van der Waals surface area contributed by atoms with Crippen LogP contribution < -0.4 is 0 Å². The summed E-state index contributed by atoms with van der Waals surface area (Å²) in [6.07, 6.45) is 1.65.